The topological polar surface area (TPSA) is 54.7 Å². The summed E-state index contributed by atoms with van der Waals surface area (Å²) in [5.41, 5.74) is 7.59. The van der Waals surface area contributed by atoms with Crippen LogP contribution in [-0.4, -0.2) is 10.2 Å². The van der Waals surface area contributed by atoms with E-state index >= 15 is 0 Å². The first-order valence-electron chi connectivity index (χ1n) is 3.94. The molecule has 72 valence electrons. The molecule has 0 spiro atoms. The number of H-pyrrole nitrogens is 1. The summed E-state index contributed by atoms with van der Waals surface area (Å²) >= 11 is 7.95. The van der Waals surface area contributed by atoms with Crippen LogP contribution < -0.4 is 5.73 Å². The molecule has 1 heterocycles. The zero-order valence-corrected chi connectivity index (χ0v) is 10.0. The van der Waals surface area contributed by atoms with E-state index in [1.54, 1.807) is 0 Å². The molecular weight excluding hydrogens is 312 g/mol. The van der Waals surface area contributed by atoms with Gasteiger partial charge in [-0.15, -0.1) is 0 Å². The fourth-order valence-corrected chi connectivity index (χ4v) is 1.83. The summed E-state index contributed by atoms with van der Waals surface area (Å²) < 4.78 is 0.935. The summed E-state index contributed by atoms with van der Waals surface area (Å²) in [5.74, 6) is 0.524. The summed E-state index contributed by atoms with van der Waals surface area (Å²) in [5, 5.41) is 7.53. The molecule has 0 bridgehead atoms. The molecule has 0 unspecified atom stereocenters. The second-order valence-corrected chi connectivity index (χ2v) is 4.32. The molecule has 1 aromatic carbocycles. The van der Waals surface area contributed by atoms with Gasteiger partial charge in [0.05, 0.1) is 9.26 Å². The zero-order valence-electron chi connectivity index (χ0n) is 7.09. The van der Waals surface area contributed by atoms with Crippen LogP contribution in [0.25, 0.3) is 11.3 Å². The van der Waals surface area contributed by atoms with Gasteiger partial charge in [-0.3, -0.25) is 5.10 Å². The Hall–Kier alpha value is -0.750. The number of aromatic nitrogens is 2. The molecule has 3 N–H and O–H groups in total. The fraction of sp³-hybridized carbons (Fsp3) is 0. The van der Waals surface area contributed by atoms with Crippen LogP contribution in [0.2, 0.25) is 5.02 Å². The molecule has 0 aliphatic heterocycles. The van der Waals surface area contributed by atoms with E-state index in [1.807, 2.05) is 24.3 Å². The monoisotopic (exact) mass is 319 g/mol. The minimum atomic E-state index is 0.524. The Morgan fingerprint density at radius 3 is 2.43 bits per heavy atom. The lowest BCUT2D eigenvalue weighted by atomic mass is 10.1. The van der Waals surface area contributed by atoms with Crippen LogP contribution in [0, 0.1) is 3.57 Å². The smallest absolute Gasteiger partial charge is 0.159 e. The average Bonchev–Trinajstić information content (AvgIpc) is 2.50. The van der Waals surface area contributed by atoms with Gasteiger partial charge in [0.1, 0.15) is 0 Å². The van der Waals surface area contributed by atoms with E-state index in [0.29, 0.717) is 5.82 Å². The lowest BCUT2D eigenvalue weighted by Gasteiger charge is -1.98. The van der Waals surface area contributed by atoms with Crippen LogP contribution in [-0.2, 0) is 0 Å². The van der Waals surface area contributed by atoms with Gasteiger partial charge in [0, 0.05) is 10.6 Å². The number of aromatic amines is 1. The summed E-state index contributed by atoms with van der Waals surface area (Å²) in [6, 6.07) is 7.53. The highest BCUT2D eigenvalue weighted by atomic mass is 127. The molecule has 3 nitrogen and oxygen atoms in total. The Balaban J connectivity index is 2.49. The maximum atomic E-state index is 5.79. The third kappa shape index (κ3) is 1.72. The van der Waals surface area contributed by atoms with Crippen LogP contribution in [0.4, 0.5) is 5.82 Å². The Kier molecular flexibility index (Phi) is 2.64. The second kappa shape index (κ2) is 3.78. The van der Waals surface area contributed by atoms with E-state index < -0.39 is 0 Å². The van der Waals surface area contributed by atoms with Crippen molar-refractivity contribution in [3.63, 3.8) is 0 Å². The van der Waals surface area contributed by atoms with Gasteiger partial charge in [-0.25, -0.2) is 0 Å². The molecule has 0 atom stereocenters. The van der Waals surface area contributed by atoms with Crippen LogP contribution in [0.5, 0.6) is 0 Å². The highest BCUT2D eigenvalue weighted by Crippen LogP contribution is 2.27. The lowest BCUT2D eigenvalue weighted by molar-refractivity contribution is 1.10. The van der Waals surface area contributed by atoms with Crippen LogP contribution >= 0.6 is 34.2 Å². The molecule has 0 saturated carbocycles. The van der Waals surface area contributed by atoms with E-state index in [9.17, 15) is 0 Å². The van der Waals surface area contributed by atoms with Crippen molar-refractivity contribution in [2.24, 2.45) is 0 Å². The molecule has 14 heavy (non-hydrogen) atoms. The highest BCUT2D eigenvalue weighted by molar-refractivity contribution is 14.1. The number of hydrogen-bond donors (Lipinski definition) is 2. The maximum Gasteiger partial charge on any atom is 0.159 e. The van der Waals surface area contributed by atoms with Crippen molar-refractivity contribution in [1.82, 2.24) is 10.2 Å². The molecule has 2 aromatic rings. The number of nitrogens with one attached hydrogen (secondary N) is 1. The zero-order chi connectivity index (χ0) is 10.1. The third-order valence-corrected chi connectivity index (χ3v) is 3.21. The number of benzene rings is 1. The van der Waals surface area contributed by atoms with E-state index in [-0.39, 0.29) is 0 Å². The first-order valence-corrected chi connectivity index (χ1v) is 5.39. The maximum absolute atomic E-state index is 5.79. The summed E-state index contributed by atoms with van der Waals surface area (Å²) in [4.78, 5) is 0. The number of nitrogens with two attached hydrogens (primary N) is 1. The van der Waals surface area contributed by atoms with Crippen molar-refractivity contribution in [2.45, 2.75) is 0 Å². The number of hydrogen-bond acceptors (Lipinski definition) is 2. The van der Waals surface area contributed by atoms with E-state index in [1.165, 1.54) is 0 Å². The van der Waals surface area contributed by atoms with Crippen molar-refractivity contribution in [2.75, 3.05) is 5.73 Å². The van der Waals surface area contributed by atoms with E-state index in [4.69, 9.17) is 17.3 Å². The third-order valence-electron chi connectivity index (χ3n) is 1.87. The van der Waals surface area contributed by atoms with Gasteiger partial charge in [0.2, 0.25) is 0 Å². The van der Waals surface area contributed by atoms with E-state index in [0.717, 1.165) is 19.9 Å². The molecule has 1 aromatic heterocycles. The van der Waals surface area contributed by atoms with Crippen LogP contribution in [0.1, 0.15) is 0 Å². The molecule has 0 amide bonds. The molecular formula is C9H7ClIN3. The largest absolute Gasteiger partial charge is 0.381 e. The van der Waals surface area contributed by atoms with Gasteiger partial charge in [-0.05, 0) is 34.7 Å². The molecule has 2 rings (SSSR count). The van der Waals surface area contributed by atoms with Gasteiger partial charge in [-0.1, -0.05) is 23.7 Å². The number of anilines is 1. The summed E-state index contributed by atoms with van der Waals surface area (Å²) in [6.07, 6.45) is 0. The fourth-order valence-electron chi connectivity index (χ4n) is 1.15. The number of rotatable bonds is 1. The first-order chi connectivity index (χ1) is 6.68. The van der Waals surface area contributed by atoms with Crippen molar-refractivity contribution in [1.29, 1.82) is 0 Å². The standard InChI is InChI=1S/C9H7ClIN3/c10-6-3-1-5(2-4-6)8-7(11)9(12)14-13-8/h1-4H,(H3,12,13,14). The van der Waals surface area contributed by atoms with Gasteiger partial charge in [0.25, 0.3) is 0 Å². The lowest BCUT2D eigenvalue weighted by Crippen LogP contribution is -1.86. The average molecular weight is 320 g/mol. The van der Waals surface area contributed by atoms with Crippen molar-refractivity contribution >= 4 is 40.0 Å². The van der Waals surface area contributed by atoms with E-state index in [2.05, 4.69) is 32.8 Å². The number of nitrogens with zero attached hydrogens (tertiary/aromatic N) is 1. The quantitative estimate of drug-likeness (QED) is 0.794. The molecule has 0 saturated heterocycles. The van der Waals surface area contributed by atoms with Crippen molar-refractivity contribution in [3.8, 4) is 11.3 Å². The number of nitrogen functional groups attached to an aromatic ring is 1. The van der Waals surface area contributed by atoms with Crippen molar-refractivity contribution in [3.05, 3.63) is 32.9 Å². The molecule has 0 aliphatic rings. The molecule has 5 heteroatoms. The van der Waals surface area contributed by atoms with Crippen LogP contribution in [0.15, 0.2) is 24.3 Å². The Bertz CT molecular complexity index is 450. The number of halogens is 2. The minimum Gasteiger partial charge on any atom is -0.381 e. The Morgan fingerprint density at radius 2 is 1.93 bits per heavy atom. The SMILES string of the molecule is Nc1n[nH]c(-c2ccc(Cl)cc2)c1I. The highest BCUT2D eigenvalue weighted by Gasteiger charge is 2.08. The molecule has 0 aliphatic carbocycles. The normalized spacial score (nSPS) is 10.4. The Labute approximate surface area is 99.8 Å². The molecule has 0 radical (unpaired) electrons. The van der Waals surface area contributed by atoms with Gasteiger partial charge in [-0.2, -0.15) is 5.10 Å². The van der Waals surface area contributed by atoms with Gasteiger partial charge < -0.3 is 5.73 Å². The van der Waals surface area contributed by atoms with Crippen molar-refractivity contribution < 1.29 is 0 Å². The minimum absolute atomic E-state index is 0.524. The van der Waals surface area contributed by atoms with Gasteiger partial charge >= 0.3 is 0 Å². The Morgan fingerprint density at radius 1 is 1.29 bits per heavy atom. The molecule has 0 fully saturated rings. The summed E-state index contributed by atoms with van der Waals surface area (Å²) in [7, 11) is 0. The van der Waals surface area contributed by atoms with Crippen LogP contribution in [0.3, 0.4) is 0 Å². The second-order valence-electron chi connectivity index (χ2n) is 2.80. The predicted octanol–water partition coefficient (Wildman–Crippen LogP) is 2.92. The summed E-state index contributed by atoms with van der Waals surface area (Å²) in [6.45, 7) is 0. The predicted molar refractivity (Wildman–Crippen MR) is 66.2 cm³/mol. The van der Waals surface area contributed by atoms with Gasteiger partial charge in [0.15, 0.2) is 5.82 Å². The first kappa shape index (κ1) is 9.79.